The van der Waals surface area contributed by atoms with Crippen LogP contribution in [0.2, 0.25) is 0 Å². The molecule has 0 aliphatic carbocycles. The van der Waals surface area contributed by atoms with Crippen molar-refractivity contribution in [2.45, 2.75) is 25.6 Å². The first-order valence-corrected chi connectivity index (χ1v) is 5.62. The first-order valence-electron chi connectivity index (χ1n) is 5.62. The van der Waals surface area contributed by atoms with Gasteiger partial charge in [-0.05, 0) is 25.0 Å². The van der Waals surface area contributed by atoms with Gasteiger partial charge in [0.25, 0.3) is 0 Å². The summed E-state index contributed by atoms with van der Waals surface area (Å²) in [5.74, 6) is 0.0632. The van der Waals surface area contributed by atoms with Gasteiger partial charge in [-0.15, -0.1) is 0 Å². The zero-order valence-corrected chi connectivity index (χ0v) is 9.68. The molecule has 0 saturated carbocycles. The van der Waals surface area contributed by atoms with E-state index in [1.807, 2.05) is 18.2 Å². The molecule has 0 amide bonds. The number of hydrogen-bond acceptors (Lipinski definition) is 4. The van der Waals surface area contributed by atoms with E-state index in [-0.39, 0.29) is 11.8 Å². The van der Waals surface area contributed by atoms with Crippen molar-refractivity contribution in [1.29, 1.82) is 0 Å². The van der Waals surface area contributed by atoms with E-state index < -0.39 is 6.23 Å². The Morgan fingerprint density at radius 3 is 3.06 bits per heavy atom. The molecule has 90 valence electrons. The number of hydrogen-bond donors (Lipinski definition) is 1. The lowest BCUT2D eigenvalue weighted by molar-refractivity contribution is -0.116. The normalized spacial score (nSPS) is 23.6. The monoisotopic (exact) mass is 233 g/mol. The van der Waals surface area contributed by atoms with E-state index in [1.165, 1.54) is 0 Å². The molecule has 1 aromatic rings. The molecule has 4 nitrogen and oxygen atoms in total. The van der Waals surface area contributed by atoms with Crippen molar-refractivity contribution in [2.75, 3.05) is 6.61 Å². The number of carbonyl (C=O) groups excluding carboxylic acids is 2. The van der Waals surface area contributed by atoms with Gasteiger partial charge in [0.05, 0.1) is 6.61 Å². The second kappa shape index (κ2) is 5.21. The molecule has 4 heteroatoms. The third kappa shape index (κ3) is 2.99. The highest BCUT2D eigenvalue weighted by Gasteiger charge is 2.23. The smallest absolute Gasteiger partial charge is 0.164 e. The fourth-order valence-electron chi connectivity index (χ4n) is 1.95. The van der Waals surface area contributed by atoms with Crippen LogP contribution >= 0.6 is 0 Å². The molecule has 2 atom stereocenters. The van der Waals surface area contributed by atoms with Gasteiger partial charge in [-0.1, -0.05) is 18.2 Å². The molecule has 17 heavy (non-hydrogen) atoms. The van der Waals surface area contributed by atoms with E-state index in [2.05, 4.69) is 5.32 Å². The van der Waals surface area contributed by atoms with Gasteiger partial charge in [0.1, 0.15) is 0 Å². The molecule has 0 spiro atoms. The Bertz CT molecular complexity index is 430. The van der Waals surface area contributed by atoms with E-state index in [1.54, 1.807) is 13.0 Å². The Morgan fingerprint density at radius 2 is 2.41 bits per heavy atom. The molecular formula is C13H15NO3. The van der Waals surface area contributed by atoms with E-state index in [0.717, 1.165) is 18.3 Å². The molecule has 1 N–H and O–H groups in total. The summed E-state index contributed by atoms with van der Waals surface area (Å²) in [5.41, 5.74) is 1.79. The summed E-state index contributed by atoms with van der Waals surface area (Å²) in [4.78, 5) is 21.8. The fourth-order valence-corrected chi connectivity index (χ4v) is 1.95. The molecule has 1 aliphatic rings. The maximum absolute atomic E-state index is 11.2. The highest BCUT2D eigenvalue weighted by Crippen LogP contribution is 2.11. The summed E-state index contributed by atoms with van der Waals surface area (Å²) in [6.07, 6.45) is 1.02. The van der Waals surface area contributed by atoms with Crippen molar-refractivity contribution in [1.82, 2.24) is 5.32 Å². The van der Waals surface area contributed by atoms with Gasteiger partial charge in [-0.25, -0.2) is 0 Å². The molecule has 1 aromatic carbocycles. The van der Waals surface area contributed by atoms with Crippen LogP contribution in [0.25, 0.3) is 0 Å². The Labute approximate surface area is 100.0 Å². The number of aldehydes is 1. The number of rotatable bonds is 4. The number of ketones is 1. The van der Waals surface area contributed by atoms with Crippen LogP contribution in [0.3, 0.4) is 0 Å². The summed E-state index contributed by atoms with van der Waals surface area (Å²) in [6.45, 7) is 2.08. The summed E-state index contributed by atoms with van der Waals surface area (Å²) in [5, 5.41) is 3.06. The maximum atomic E-state index is 11.2. The molecule has 0 radical (unpaired) electrons. The highest BCUT2D eigenvalue weighted by molar-refractivity contribution is 5.94. The number of carbonyl (C=O) groups is 2. The zero-order chi connectivity index (χ0) is 12.3. The van der Waals surface area contributed by atoms with E-state index in [9.17, 15) is 9.59 Å². The molecule has 2 unspecified atom stereocenters. The van der Waals surface area contributed by atoms with Crippen LogP contribution in [-0.4, -0.2) is 30.9 Å². The standard InChI is InChI=1S/C13H15NO3/c1-9(16)11-4-2-3-10(5-11)6-12-8-17-13(7-15)14-12/h2-5,7,12-14H,6,8H2,1H3. The van der Waals surface area contributed by atoms with Crippen LogP contribution < -0.4 is 5.32 Å². The molecule has 2 rings (SSSR count). The molecule has 1 heterocycles. The highest BCUT2D eigenvalue weighted by atomic mass is 16.5. The van der Waals surface area contributed by atoms with E-state index in [4.69, 9.17) is 4.74 Å². The first-order chi connectivity index (χ1) is 8.19. The van der Waals surface area contributed by atoms with Gasteiger partial charge in [0.2, 0.25) is 0 Å². The lowest BCUT2D eigenvalue weighted by Gasteiger charge is -2.09. The SMILES string of the molecule is CC(=O)c1cccc(CC2COC(C=O)N2)c1. The number of Topliss-reactive ketones (excluding diaryl/α,β-unsaturated/α-hetero) is 1. The molecule has 1 saturated heterocycles. The largest absolute Gasteiger partial charge is 0.355 e. The summed E-state index contributed by atoms with van der Waals surface area (Å²) in [7, 11) is 0. The Hall–Kier alpha value is -1.52. The van der Waals surface area contributed by atoms with Crippen molar-refractivity contribution in [3.63, 3.8) is 0 Å². The van der Waals surface area contributed by atoms with Gasteiger partial charge in [0.15, 0.2) is 18.3 Å². The van der Waals surface area contributed by atoms with Crippen LogP contribution in [0.5, 0.6) is 0 Å². The fraction of sp³-hybridized carbons (Fsp3) is 0.385. The molecule has 0 bridgehead atoms. The van der Waals surface area contributed by atoms with Gasteiger partial charge >= 0.3 is 0 Å². The second-order valence-electron chi connectivity index (χ2n) is 4.21. The van der Waals surface area contributed by atoms with Crippen LogP contribution in [0.4, 0.5) is 0 Å². The first kappa shape index (κ1) is 12.0. The second-order valence-corrected chi connectivity index (χ2v) is 4.21. The number of nitrogens with one attached hydrogen (secondary N) is 1. The topological polar surface area (TPSA) is 55.4 Å². The number of benzene rings is 1. The average Bonchev–Trinajstić information content (AvgIpc) is 2.77. The third-order valence-electron chi connectivity index (χ3n) is 2.82. The third-order valence-corrected chi connectivity index (χ3v) is 2.82. The Balaban J connectivity index is 2.01. The molecule has 1 aliphatic heterocycles. The quantitative estimate of drug-likeness (QED) is 0.621. The van der Waals surface area contributed by atoms with Crippen LogP contribution in [0, 0.1) is 0 Å². The summed E-state index contributed by atoms with van der Waals surface area (Å²) >= 11 is 0. The van der Waals surface area contributed by atoms with Gasteiger partial charge < -0.3 is 4.74 Å². The van der Waals surface area contributed by atoms with Gasteiger partial charge in [-0.2, -0.15) is 0 Å². The minimum absolute atomic E-state index is 0.0632. The van der Waals surface area contributed by atoms with E-state index >= 15 is 0 Å². The predicted molar refractivity (Wildman–Crippen MR) is 62.9 cm³/mol. The molecule has 0 aromatic heterocycles. The van der Waals surface area contributed by atoms with Gasteiger partial charge in [-0.3, -0.25) is 14.9 Å². The predicted octanol–water partition coefficient (Wildman–Crippen LogP) is 0.945. The van der Waals surface area contributed by atoms with Crippen molar-refractivity contribution in [3.8, 4) is 0 Å². The molecular weight excluding hydrogens is 218 g/mol. The average molecular weight is 233 g/mol. The summed E-state index contributed by atoms with van der Waals surface area (Å²) < 4.78 is 5.22. The summed E-state index contributed by atoms with van der Waals surface area (Å²) in [6, 6.07) is 7.67. The van der Waals surface area contributed by atoms with E-state index in [0.29, 0.717) is 12.2 Å². The molecule has 1 fully saturated rings. The van der Waals surface area contributed by atoms with Crippen molar-refractivity contribution in [3.05, 3.63) is 35.4 Å². The number of ether oxygens (including phenoxy) is 1. The van der Waals surface area contributed by atoms with Crippen LogP contribution in [0.15, 0.2) is 24.3 Å². The van der Waals surface area contributed by atoms with Crippen LogP contribution in [-0.2, 0) is 16.0 Å². The Kier molecular flexibility index (Phi) is 3.66. The Morgan fingerprint density at radius 1 is 1.59 bits per heavy atom. The van der Waals surface area contributed by atoms with Crippen LogP contribution in [0.1, 0.15) is 22.8 Å². The van der Waals surface area contributed by atoms with Crippen molar-refractivity contribution < 1.29 is 14.3 Å². The lowest BCUT2D eigenvalue weighted by Crippen LogP contribution is -2.32. The van der Waals surface area contributed by atoms with Crippen molar-refractivity contribution >= 4 is 12.1 Å². The zero-order valence-electron chi connectivity index (χ0n) is 9.68. The van der Waals surface area contributed by atoms with Gasteiger partial charge in [0, 0.05) is 11.6 Å². The maximum Gasteiger partial charge on any atom is 0.164 e. The minimum atomic E-state index is -0.490. The minimum Gasteiger partial charge on any atom is -0.355 e. The van der Waals surface area contributed by atoms with Crippen molar-refractivity contribution in [2.24, 2.45) is 0 Å². The lowest BCUT2D eigenvalue weighted by atomic mass is 10.0.